The number of Topliss-reactive ketones (excluding diaryl/α,β-unsaturated/α-hetero) is 1. The molecule has 14 heavy (non-hydrogen) atoms. The molecular weight excluding hydrogens is 200 g/mol. The monoisotopic (exact) mass is 210 g/mol. The predicted octanol–water partition coefficient (Wildman–Crippen LogP) is 2.16. The van der Waals surface area contributed by atoms with Gasteiger partial charge >= 0.3 is 0 Å². The minimum absolute atomic E-state index is 0.00776. The van der Waals surface area contributed by atoms with E-state index in [2.05, 4.69) is 0 Å². The molecule has 1 rings (SSSR count). The molecule has 74 valence electrons. The summed E-state index contributed by atoms with van der Waals surface area (Å²) in [6.07, 6.45) is 1.00. The van der Waals surface area contributed by atoms with Crippen LogP contribution in [0.25, 0.3) is 0 Å². The van der Waals surface area contributed by atoms with Crippen LogP contribution in [-0.4, -0.2) is 17.9 Å². The lowest BCUT2D eigenvalue weighted by Crippen LogP contribution is -2.06. The number of hydrogen-bond donors (Lipinski definition) is 0. The molecule has 1 aromatic carbocycles. The first-order valence-electron chi connectivity index (χ1n) is 4.29. The summed E-state index contributed by atoms with van der Waals surface area (Å²) in [4.78, 5) is 21.8. The molecule has 0 spiro atoms. The van der Waals surface area contributed by atoms with Crippen molar-refractivity contribution in [1.82, 2.24) is 0 Å². The Kier molecular flexibility index (Phi) is 3.84. The van der Waals surface area contributed by atoms with Gasteiger partial charge in [-0.1, -0.05) is 17.7 Å². The Labute approximate surface area is 87.9 Å². The van der Waals surface area contributed by atoms with Crippen LogP contribution in [0.3, 0.4) is 0 Å². The molecule has 0 heterocycles. The molecule has 1 aromatic rings. The third-order valence-electron chi connectivity index (χ3n) is 1.97. The minimum Gasteiger partial charge on any atom is -0.298 e. The molecule has 0 atom stereocenters. The molecule has 0 amide bonds. The number of aldehydes is 1. The Balaban J connectivity index is 2.96. The number of hydrogen-bond acceptors (Lipinski definition) is 2. The number of rotatable bonds is 4. The first-order valence-corrected chi connectivity index (χ1v) is 4.83. The van der Waals surface area contributed by atoms with Crippen LogP contribution in [0.4, 0.5) is 0 Å². The van der Waals surface area contributed by atoms with E-state index in [0.717, 1.165) is 17.4 Å². The lowest BCUT2D eigenvalue weighted by molar-refractivity contribution is -0.116. The van der Waals surface area contributed by atoms with E-state index >= 15 is 0 Å². The highest BCUT2D eigenvalue weighted by atomic mass is 35.5. The Morgan fingerprint density at radius 2 is 2.21 bits per heavy atom. The normalized spacial score (nSPS) is 9.86. The van der Waals surface area contributed by atoms with Gasteiger partial charge in [-0.3, -0.25) is 9.59 Å². The van der Waals surface area contributed by atoms with E-state index in [9.17, 15) is 9.59 Å². The first-order chi connectivity index (χ1) is 6.67. The van der Waals surface area contributed by atoms with Crippen LogP contribution in [0, 0.1) is 6.92 Å². The molecule has 0 N–H and O–H groups in total. The van der Waals surface area contributed by atoms with E-state index in [1.54, 1.807) is 12.1 Å². The van der Waals surface area contributed by atoms with Gasteiger partial charge in [-0.15, -0.1) is 11.6 Å². The third-order valence-corrected chi connectivity index (χ3v) is 2.26. The maximum absolute atomic E-state index is 11.1. The van der Waals surface area contributed by atoms with Crippen LogP contribution >= 0.6 is 11.6 Å². The van der Waals surface area contributed by atoms with Gasteiger partial charge in [0.2, 0.25) is 0 Å². The molecule has 0 fully saturated rings. The van der Waals surface area contributed by atoms with Crippen molar-refractivity contribution in [3.8, 4) is 0 Å². The van der Waals surface area contributed by atoms with Crippen LogP contribution in [0.2, 0.25) is 0 Å². The van der Waals surface area contributed by atoms with Gasteiger partial charge in [-0.05, 0) is 18.6 Å². The molecule has 3 heteroatoms. The Hall–Kier alpha value is -1.15. The molecule has 0 bridgehead atoms. The molecule has 0 radical (unpaired) electrons. The van der Waals surface area contributed by atoms with Crippen molar-refractivity contribution in [3.05, 3.63) is 34.9 Å². The Morgan fingerprint density at radius 1 is 1.50 bits per heavy atom. The average molecular weight is 211 g/mol. The third kappa shape index (κ3) is 2.67. The van der Waals surface area contributed by atoms with Gasteiger partial charge in [-0.2, -0.15) is 0 Å². The summed E-state index contributed by atoms with van der Waals surface area (Å²) >= 11 is 5.39. The number of ketones is 1. The topological polar surface area (TPSA) is 34.1 Å². The highest BCUT2D eigenvalue weighted by Gasteiger charge is 2.06. The van der Waals surface area contributed by atoms with Gasteiger partial charge in [0, 0.05) is 12.0 Å². The summed E-state index contributed by atoms with van der Waals surface area (Å²) in [7, 11) is 0. The zero-order valence-corrected chi connectivity index (χ0v) is 8.67. The van der Waals surface area contributed by atoms with Gasteiger partial charge in [0.05, 0.1) is 5.88 Å². The van der Waals surface area contributed by atoms with E-state index in [4.69, 9.17) is 11.6 Å². The van der Waals surface area contributed by atoms with Crippen molar-refractivity contribution in [2.45, 2.75) is 13.3 Å². The van der Waals surface area contributed by atoms with E-state index < -0.39 is 0 Å². The first kappa shape index (κ1) is 10.9. The largest absolute Gasteiger partial charge is 0.298 e. The fourth-order valence-electron chi connectivity index (χ4n) is 1.24. The molecule has 0 aliphatic carbocycles. The maximum Gasteiger partial charge on any atom is 0.151 e. The standard InChI is InChI=1S/C11H11ClO2/c1-8-2-3-9(5-11(14)6-12)10(4-8)7-13/h2-4,7H,5-6H2,1H3. The number of aryl methyl sites for hydroxylation is 1. The van der Waals surface area contributed by atoms with Gasteiger partial charge in [0.15, 0.2) is 5.78 Å². The van der Waals surface area contributed by atoms with Crippen LogP contribution in [0.1, 0.15) is 21.5 Å². The van der Waals surface area contributed by atoms with E-state index in [0.29, 0.717) is 5.56 Å². The number of carbonyl (C=O) groups excluding carboxylic acids is 2. The summed E-state index contributed by atoms with van der Waals surface area (Å²) in [6.45, 7) is 1.90. The van der Waals surface area contributed by atoms with Crippen LogP contribution in [0.15, 0.2) is 18.2 Å². The lowest BCUT2D eigenvalue weighted by Gasteiger charge is -2.03. The van der Waals surface area contributed by atoms with Crippen molar-refractivity contribution >= 4 is 23.7 Å². The summed E-state index contributed by atoms with van der Waals surface area (Å²) in [6, 6.07) is 5.44. The second-order valence-corrected chi connectivity index (χ2v) is 3.44. The van der Waals surface area contributed by atoms with E-state index in [1.165, 1.54) is 0 Å². The highest BCUT2D eigenvalue weighted by Crippen LogP contribution is 2.11. The predicted molar refractivity (Wildman–Crippen MR) is 56.0 cm³/mol. The van der Waals surface area contributed by atoms with E-state index in [-0.39, 0.29) is 18.1 Å². The summed E-state index contributed by atoms with van der Waals surface area (Å²) < 4.78 is 0. The minimum atomic E-state index is -0.0707. The van der Waals surface area contributed by atoms with E-state index in [1.807, 2.05) is 13.0 Å². The summed E-state index contributed by atoms with van der Waals surface area (Å²) in [5.74, 6) is -0.0785. The van der Waals surface area contributed by atoms with Crippen molar-refractivity contribution in [3.63, 3.8) is 0 Å². The van der Waals surface area contributed by atoms with Gasteiger partial charge < -0.3 is 0 Å². The van der Waals surface area contributed by atoms with Gasteiger partial charge in [0.1, 0.15) is 6.29 Å². The molecule has 0 aromatic heterocycles. The van der Waals surface area contributed by atoms with Crippen molar-refractivity contribution in [1.29, 1.82) is 0 Å². The van der Waals surface area contributed by atoms with Crippen LogP contribution in [0.5, 0.6) is 0 Å². The zero-order chi connectivity index (χ0) is 10.6. The molecule has 0 saturated carbocycles. The average Bonchev–Trinajstić information content (AvgIpc) is 2.20. The quantitative estimate of drug-likeness (QED) is 0.564. The Morgan fingerprint density at radius 3 is 2.79 bits per heavy atom. The van der Waals surface area contributed by atoms with Crippen molar-refractivity contribution in [2.75, 3.05) is 5.88 Å². The smallest absolute Gasteiger partial charge is 0.151 e. The van der Waals surface area contributed by atoms with Gasteiger partial charge in [0.25, 0.3) is 0 Å². The molecule has 0 saturated heterocycles. The number of carbonyl (C=O) groups is 2. The Bertz CT molecular complexity index is 358. The lowest BCUT2D eigenvalue weighted by atomic mass is 10.0. The molecule has 2 nitrogen and oxygen atoms in total. The fourth-order valence-corrected chi connectivity index (χ4v) is 1.34. The van der Waals surface area contributed by atoms with Crippen LogP contribution in [-0.2, 0) is 11.2 Å². The number of alkyl halides is 1. The van der Waals surface area contributed by atoms with Crippen molar-refractivity contribution in [2.24, 2.45) is 0 Å². The second kappa shape index (κ2) is 4.91. The molecular formula is C11H11ClO2. The summed E-state index contributed by atoms with van der Waals surface area (Å²) in [5, 5.41) is 0. The van der Waals surface area contributed by atoms with Crippen molar-refractivity contribution < 1.29 is 9.59 Å². The number of benzene rings is 1. The maximum atomic E-state index is 11.1. The molecule has 0 unspecified atom stereocenters. The number of halogens is 1. The summed E-state index contributed by atoms with van der Waals surface area (Å²) in [5.41, 5.74) is 2.33. The zero-order valence-electron chi connectivity index (χ0n) is 7.92. The van der Waals surface area contributed by atoms with Crippen LogP contribution < -0.4 is 0 Å². The fraction of sp³-hybridized carbons (Fsp3) is 0.273. The molecule has 0 aliphatic rings. The SMILES string of the molecule is Cc1ccc(CC(=O)CCl)c(C=O)c1. The second-order valence-electron chi connectivity index (χ2n) is 3.17. The molecule has 0 aliphatic heterocycles. The van der Waals surface area contributed by atoms with Gasteiger partial charge in [-0.25, -0.2) is 0 Å². The highest BCUT2D eigenvalue weighted by molar-refractivity contribution is 6.27.